The lowest BCUT2D eigenvalue weighted by Crippen LogP contribution is -2.49. The van der Waals surface area contributed by atoms with E-state index in [9.17, 15) is 22.4 Å². The molecule has 172 valence electrons. The summed E-state index contributed by atoms with van der Waals surface area (Å²) in [5, 5.41) is 5.15. The normalized spacial score (nSPS) is 14.7. The van der Waals surface area contributed by atoms with E-state index in [-0.39, 0.29) is 42.9 Å². The van der Waals surface area contributed by atoms with Gasteiger partial charge in [0.1, 0.15) is 5.82 Å². The molecule has 1 heterocycles. The molecular weight excluding hydrogens is 435 g/mol. The number of carbonyl (C=O) groups is 2. The second kappa shape index (κ2) is 11.1. The van der Waals surface area contributed by atoms with Crippen molar-refractivity contribution in [3.63, 3.8) is 0 Å². The van der Waals surface area contributed by atoms with E-state index in [2.05, 4.69) is 10.6 Å². The number of sulfonamides is 1. The third-order valence-corrected chi connectivity index (χ3v) is 7.13. The lowest BCUT2D eigenvalue weighted by atomic mass is 10.2. The van der Waals surface area contributed by atoms with Gasteiger partial charge in [0.05, 0.1) is 12.3 Å². The number of nitrogens with zero attached hydrogens (tertiary/aromatic N) is 2. The number of benzene rings is 2. The Hall–Kier alpha value is -2.98. The van der Waals surface area contributed by atoms with Crippen LogP contribution in [0.25, 0.3) is 0 Å². The minimum atomic E-state index is -3.43. The second-order valence-corrected chi connectivity index (χ2v) is 9.52. The van der Waals surface area contributed by atoms with Crippen molar-refractivity contribution in [2.24, 2.45) is 0 Å². The maximum absolute atomic E-state index is 13.1. The van der Waals surface area contributed by atoms with Crippen LogP contribution in [0.4, 0.5) is 10.1 Å². The molecule has 2 amide bonds. The second-order valence-electron chi connectivity index (χ2n) is 7.43. The molecule has 0 radical (unpaired) electrons. The highest BCUT2D eigenvalue weighted by Gasteiger charge is 2.26. The molecule has 2 N–H and O–H groups in total. The highest BCUT2D eigenvalue weighted by Crippen LogP contribution is 2.18. The van der Waals surface area contributed by atoms with Gasteiger partial charge in [-0.15, -0.1) is 0 Å². The van der Waals surface area contributed by atoms with Gasteiger partial charge in [0.25, 0.3) is 5.91 Å². The van der Waals surface area contributed by atoms with Gasteiger partial charge in [0.2, 0.25) is 15.9 Å². The Kier molecular flexibility index (Phi) is 8.18. The van der Waals surface area contributed by atoms with Gasteiger partial charge in [-0.1, -0.05) is 18.2 Å². The van der Waals surface area contributed by atoms with E-state index in [4.69, 9.17) is 0 Å². The van der Waals surface area contributed by atoms with E-state index in [1.165, 1.54) is 16.4 Å². The molecule has 0 bridgehead atoms. The van der Waals surface area contributed by atoms with Gasteiger partial charge in [-0.25, -0.2) is 12.8 Å². The number of halogens is 1. The van der Waals surface area contributed by atoms with Crippen LogP contribution in [0.2, 0.25) is 0 Å². The highest BCUT2D eigenvalue weighted by molar-refractivity contribution is 7.89. The summed E-state index contributed by atoms with van der Waals surface area (Å²) in [7, 11) is -3.43. The minimum absolute atomic E-state index is 0.0692. The van der Waals surface area contributed by atoms with Crippen LogP contribution >= 0.6 is 0 Å². The molecule has 1 fully saturated rings. The van der Waals surface area contributed by atoms with Crippen molar-refractivity contribution in [3.05, 3.63) is 66.0 Å². The third-order valence-electron chi connectivity index (χ3n) is 5.17. The van der Waals surface area contributed by atoms with Crippen LogP contribution in [0.1, 0.15) is 16.8 Å². The standard InChI is InChI=1S/C22H27FN4O4S/c23-19-7-9-20(10-8-19)26-12-14-27(15-13-26)32(30,31)16-4-11-24-21(28)17-25-22(29)18-5-2-1-3-6-18/h1-3,5-10H,4,11-17H2,(H,24,28)(H,25,29). The Morgan fingerprint density at radius 3 is 2.22 bits per heavy atom. The Balaban J connectivity index is 1.34. The van der Waals surface area contributed by atoms with E-state index in [1.54, 1.807) is 42.5 Å². The van der Waals surface area contributed by atoms with E-state index in [0.717, 1.165) is 5.69 Å². The molecule has 0 unspecified atom stereocenters. The van der Waals surface area contributed by atoms with Gasteiger partial charge in [-0.3, -0.25) is 9.59 Å². The maximum atomic E-state index is 13.1. The number of carbonyl (C=O) groups excluding carboxylic acids is 2. The zero-order valence-electron chi connectivity index (χ0n) is 17.7. The molecule has 3 rings (SSSR count). The molecule has 0 aromatic heterocycles. The van der Waals surface area contributed by atoms with Crippen LogP contribution in [-0.2, 0) is 14.8 Å². The first-order valence-electron chi connectivity index (χ1n) is 10.4. The molecule has 1 aliphatic rings. The number of anilines is 1. The van der Waals surface area contributed by atoms with Gasteiger partial charge in [0.15, 0.2) is 0 Å². The number of hydrogen-bond donors (Lipinski definition) is 2. The van der Waals surface area contributed by atoms with Gasteiger partial charge >= 0.3 is 0 Å². The molecule has 10 heteroatoms. The van der Waals surface area contributed by atoms with Gasteiger partial charge in [0, 0.05) is 44.0 Å². The molecular formula is C22H27FN4O4S. The predicted octanol–water partition coefficient (Wildman–Crippen LogP) is 1.21. The highest BCUT2D eigenvalue weighted by atomic mass is 32.2. The average Bonchev–Trinajstić information content (AvgIpc) is 2.81. The molecule has 0 saturated carbocycles. The van der Waals surface area contributed by atoms with Crippen molar-refractivity contribution < 1.29 is 22.4 Å². The quantitative estimate of drug-likeness (QED) is 0.546. The van der Waals surface area contributed by atoms with Crippen LogP contribution in [-0.4, -0.2) is 69.6 Å². The Labute approximate surface area is 187 Å². The molecule has 1 aliphatic heterocycles. The summed E-state index contributed by atoms with van der Waals surface area (Å²) >= 11 is 0. The predicted molar refractivity (Wildman–Crippen MR) is 120 cm³/mol. The first-order chi connectivity index (χ1) is 15.3. The van der Waals surface area contributed by atoms with Crippen LogP contribution in [0, 0.1) is 5.82 Å². The van der Waals surface area contributed by atoms with Gasteiger partial charge < -0.3 is 15.5 Å². The molecule has 2 aromatic carbocycles. The van der Waals surface area contributed by atoms with E-state index < -0.39 is 10.0 Å². The van der Waals surface area contributed by atoms with Crippen LogP contribution < -0.4 is 15.5 Å². The summed E-state index contributed by atoms with van der Waals surface area (Å²) in [4.78, 5) is 25.8. The summed E-state index contributed by atoms with van der Waals surface area (Å²) in [5.41, 5.74) is 1.33. The summed E-state index contributed by atoms with van der Waals surface area (Å²) in [5.74, 6) is -1.09. The smallest absolute Gasteiger partial charge is 0.251 e. The number of nitrogens with one attached hydrogen (secondary N) is 2. The lowest BCUT2D eigenvalue weighted by molar-refractivity contribution is -0.120. The van der Waals surface area contributed by atoms with Crippen molar-refractivity contribution in [1.82, 2.24) is 14.9 Å². The Morgan fingerprint density at radius 2 is 1.56 bits per heavy atom. The first-order valence-corrected chi connectivity index (χ1v) is 12.0. The summed E-state index contributed by atoms with van der Waals surface area (Å²) in [6.45, 7) is 1.81. The van der Waals surface area contributed by atoms with Gasteiger partial charge in [-0.2, -0.15) is 4.31 Å². The zero-order valence-corrected chi connectivity index (χ0v) is 18.5. The average molecular weight is 463 g/mol. The maximum Gasteiger partial charge on any atom is 0.251 e. The minimum Gasteiger partial charge on any atom is -0.369 e. The van der Waals surface area contributed by atoms with Crippen molar-refractivity contribution >= 4 is 27.5 Å². The first kappa shape index (κ1) is 23.7. The summed E-state index contributed by atoms with van der Waals surface area (Å²) in [6, 6.07) is 14.7. The van der Waals surface area contributed by atoms with Crippen LogP contribution in [0.5, 0.6) is 0 Å². The van der Waals surface area contributed by atoms with Crippen LogP contribution in [0.15, 0.2) is 54.6 Å². The molecule has 0 aliphatic carbocycles. The fourth-order valence-electron chi connectivity index (χ4n) is 3.40. The van der Waals surface area contributed by atoms with Gasteiger partial charge in [-0.05, 0) is 42.8 Å². The molecule has 32 heavy (non-hydrogen) atoms. The third kappa shape index (κ3) is 6.76. The molecule has 2 aromatic rings. The topological polar surface area (TPSA) is 98.8 Å². The lowest BCUT2D eigenvalue weighted by Gasteiger charge is -2.35. The van der Waals surface area contributed by atoms with Crippen molar-refractivity contribution in [2.45, 2.75) is 6.42 Å². The number of amides is 2. The number of hydrogen-bond acceptors (Lipinski definition) is 5. The summed E-state index contributed by atoms with van der Waals surface area (Å²) < 4.78 is 39.7. The van der Waals surface area contributed by atoms with E-state index >= 15 is 0 Å². The Morgan fingerprint density at radius 1 is 0.906 bits per heavy atom. The summed E-state index contributed by atoms with van der Waals surface area (Å²) in [6.07, 6.45) is 0.277. The van der Waals surface area contributed by atoms with Crippen LogP contribution in [0.3, 0.4) is 0 Å². The largest absolute Gasteiger partial charge is 0.369 e. The van der Waals surface area contributed by atoms with Crippen molar-refractivity contribution in [3.8, 4) is 0 Å². The molecule has 8 nitrogen and oxygen atoms in total. The number of piperazine rings is 1. The monoisotopic (exact) mass is 462 g/mol. The zero-order chi connectivity index (χ0) is 23.0. The molecule has 0 spiro atoms. The fraction of sp³-hybridized carbons (Fsp3) is 0.364. The Bertz CT molecular complexity index is 1010. The fourth-order valence-corrected chi connectivity index (χ4v) is 4.89. The van der Waals surface area contributed by atoms with E-state index in [1.807, 2.05) is 4.90 Å². The molecule has 0 atom stereocenters. The SMILES string of the molecule is O=C(CNC(=O)c1ccccc1)NCCCS(=O)(=O)N1CCN(c2ccc(F)cc2)CC1. The van der Waals surface area contributed by atoms with E-state index in [0.29, 0.717) is 31.7 Å². The number of rotatable bonds is 9. The molecule has 1 saturated heterocycles. The van der Waals surface area contributed by atoms with Crippen molar-refractivity contribution in [2.75, 3.05) is 49.9 Å². The van der Waals surface area contributed by atoms with Crippen molar-refractivity contribution in [1.29, 1.82) is 0 Å².